The number of nitrogens with zero attached hydrogens (tertiary/aromatic N) is 1. The Morgan fingerprint density at radius 1 is 1.38 bits per heavy atom. The van der Waals surface area contributed by atoms with Crippen LogP contribution in [0.5, 0.6) is 0 Å². The molecule has 90 valence electrons. The summed E-state index contributed by atoms with van der Waals surface area (Å²) in [5.41, 5.74) is 1.83. The molecule has 0 aromatic heterocycles. The Kier molecular flexibility index (Phi) is 4.06. The van der Waals surface area contributed by atoms with Gasteiger partial charge in [0.2, 0.25) is 11.8 Å². The first kappa shape index (κ1) is 12.7. The molecule has 1 heterocycles. The molecule has 16 heavy (non-hydrogen) atoms. The van der Waals surface area contributed by atoms with Gasteiger partial charge in [-0.2, -0.15) is 0 Å². The quantitative estimate of drug-likeness (QED) is 0.637. The van der Waals surface area contributed by atoms with Gasteiger partial charge in [0, 0.05) is 32.8 Å². The normalized spacial score (nSPS) is 16.1. The fourth-order valence-corrected chi connectivity index (χ4v) is 1.43. The molecule has 1 aliphatic rings. The summed E-state index contributed by atoms with van der Waals surface area (Å²) in [6.07, 6.45) is 0. The molecule has 1 rings (SSSR count). The van der Waals surface area contributed by atoms with Crippen molar-refractivity contribution in [2.45, 2.75) is 19.9 Å². The standard InChI is InChI=1S/C11H19N3O2/c1-7(9-5-12-6-9)10(15)13-8(2)11(16)14(3)4/h8,12H,5-6H2,1-4H3,(H,13,15). The van der Waals surface area contributed by atoms with Crippen molar-refractivity contribution in [2.24, 2.45) is 0 Å². The van der Waals surface area contributed by atoms with Crippen molar-refractivity contribution in [3.8, 4) is 0 Å². The molecule has 5 nitrogen and oxygen atoms in total. The van der Waals surface area contributed by atoms with Crippen LogP contribution in [0.25, 0.3) is 0 Å². The first-order valence-corrected chi connectivity index (χ1v) is 5.35. The van der Waals surface area contributed by atoms with Crippen molar-refractivity contribution in [3.05, 3.63) is 11.1 Å². The highest BCUT2D eigenvalue weighted by atomic mass is 16.2. The molecule has 0 radical (unpaired) electrons. The van der Waals surface area contributed by atoms with Gasteiger partial charge in [0.1, 0.15) is 6.04 Å². The van der Waals surface area contributed by atoms with Crippen LogP contribution in [0.15, 0.2) is 11.1 Å². The second-order valence-electron chi connectivity index (χ2n) is 4.26. The van der Waals surface area contributed by atoms with Crippen molar-refractivity contribution < 1.29 is 9.59 Å². The number of carbonyl (C=O) groups excluding carboxylic acids is 2. The van der Waals surface area contributed by atoms with Gasteiger partial charge in [0.05, 0.1) is 0 Å². The van der Waals surface area contributed by atoms with Crippen LogP contribution in [0.2, 0.25) is 0 Å². The van der Waals surface area contributed by atoms with E-state index in [1.807, 2.05) is 0 Å². The third-order valence-corrected chi connectivity index (χ3v) is 2.71. The zero-order chi connectivity index (χ0) is 12.3. The molecule has 2 N–H and O–H groups in total. The van der Waals surface area contributed by atoms with E-state index in [-0.39, 0.29) is 11.8 Å². The highest BCUT2D eigenvalue weighted by molar-refractivity contribution is 5.97. The molecule has 1 unspecified atom stereocenters. The van der Waals surface area contributed by atoms with E-state index in [4.69, 9.17) is 0 Å². The minimum absolute atomic E-state index is 0.0992. The zero-order valence-corrected chi connectivity index (χ0v) is 10.3. The molecule has 0 bridgehead atoms. The van der Waals surface area contributed by atoms with Gasteiger partial charge in [0.25, 0.3) is 0 Å². The molecule has 2 amide bonds. The van der Waals surface area contributed by atoms with Gasteiger partial charge in [-0.05, 0) is 19.4 Å². The number of likely N-dealkylation sites (N-methyl/N-ethyl adjacent to an activating group) is 1. The van der Waals surface area contributed by atoms with Gasteiger partial charge in [-0.15, -0.1) is 0 Å². The summed E-state index contributed by atoms with van der Waals surface area (Å²) < 4.78 is 0. The molecule has 5 heteroatoms. The monoisotopic (exact) mass is 225 g/mol. The van der Waals surface area contributed by atoms with Crippen LogP contribution in [0, 0.1) is 0 Å². The lowest BCUT2D eigenvalue weighted by molar-refractivity contribution is -0.133. The fraction of sp³-hybridized carbons (Fsp3) is 0.636. The van der Waals surface area contributed by atoms with Crippen molar-refractivity contribution in [2.75, 3.05) is 27.2 Å². The predicted octanol–water partition coefficient (Wildman–Crippen LogP) is -0.501. The molecule has 1 atom stereocenters. The van der Waals surface area contributed by atoms with Crippen LogP contribution in [0.1, 0.15) is 13.8 Å². The summed E-state index contributed by atoms with van der Waals surface area (Å²) in [5, 5.41) is 5.77. The number of rotatable bonds is 3. The van der Waals surface area contributed by atoms with E-state index in [2.05, 4.69) is 10.6 Å². The third kappa shape index (κ3) is 2.82. The summed E-state index contributed by atoms with van der Waals surface area (Å²) in [6, 6.07) is -0.480. The molecule has 1 aliphatic heterocycles. The minimum Gasteiger partial charge on any atom is -0.347 e. The van der Waals surface area contributed by atoms with Crippen molar-refractivity contribution >= 4 is 11.8 Å². The molecule has 0 aromatic rings. The second-order valence-corrected chi connectivity index (χ2v) is 4.26. The molecule has 0 spiro atoms. The lowest BCUT2D eigenvalue weighted by Gasteiger charge is -2.23. The van der Waals surface area contributed by atoms with Gasteiger partial charge >= 0.3 is 0 Å². The highest BCUT2D eigenvalue weighted by Crippen LogP contribution is 2.08. The van der Waals surface area contributed by atoms with Crippen molar-refractivity contribution in [1.29, 1.82) is 0 Å². The van der Waals surface area contributed by atoms with Crippen molar-refractivity contribution in [3.63, 3.8) is 0 Å². The molecular weight excluding hydrogens is 206 g/mol. The van der Waals surface area contributed by atoms with Crippen LogP contribution in [0.4, 0.5) is 0 Å². The average molecular weight is 225 g/mol. The van der Waals surface area contributed by atoms with Gasteiger partial charge in [-0.3, -0.25) is 9.59 Å². The van der Waals surface area contributed by atoms with E-state index < -0.39 is 6.04 Å². The van der Waals surface area contributed by atoms with Crippen LogP contribution < -0.4 is 10.6 Å². The molecule has 1 saturated heterocycles. The van der Waals surface area contributed by atoms with E-state index in [1.54, 1.807) is 27.9 Å². The lowest BCUT2D eigenvalue weighted by atomic mass is 10.0. The van der Waals surface area contributed by atoms with Crippen LogP contribution in [-0.4, -0.2) is 49.9 Å². The predicted molar refractivity (Wildman–Crippen MR) is 61.9 cm³/mol. The first-order chi connectivity index (χ1) is 7.43. The molecule has 1 fully saturated rings. The maximum Gasteiger partial charge on any atom is 0.247 e. The topological polar surface area (TPSA) is 61.4 Å². The Bertz CT molecular complexity index is 328. The smallest absolute Gasteiger partial charge is 0.247 e. The Hall–Kier alpha value is -1.36. The number of carbonyl (C=O) groups is 2. The summed E-state index contributed by atoms with van der Waals surface area (Å²) in [7, 11) is 3.35. The average Bonchev–Trinajstić information content (AvgIpc) is 2.13. The fourth-order valence-electron chi connectivity index (χ4n) is 1.43. The molecule has 0 aromatic carbocycles. The highest BCUT2D eigenvalue weighted by Gasteiger charge is 2.20. The van der Waals surface area contributed by atoms with E-state index in [9.17, 15) is 9.59 Å². The van der Waals surface area contributed by atoms with Gasteiger partial charge in [-0.1, -0.05) is 0 Å². The Balaban J connectivity index is 2.54. The van der Waals surface area contributed by atoms with E-state index in [0.29, 0.717) is 0 Å². The van der Waals surface area contributed by atoms with Crippen LogP contribution in [0.3, 0.4) is 0 Å². The second kappa shape index (κ2) is 5.12. The first-order valence-electron chi connectivity index (χ1n) is 5.35. The van der Waals surface area contributed by atoms with E-state index in [1.165, 1.54) is 4.90 Å². The maximum absolute atomic E-state index is 11.7. The minimum atomic E-state index is -0.480. The van der Waals surface area contributed by atoms with Gasteiger partial charge in [-0.25, -0.2) is 0 Å². The number of hydrogen-bond acceptors (Lipinski definition) is 3. The van der Waals surface area contributed by atoms with Crippen LogP contribution >= 0.6 is 0 Å². The molecular formula is C11H19N3O2. The Morgan fingerprint density at radius 3 is 2.31 bits per heavy atom. The zero-order valence-electron chi connectivity index (χ0n) is 10.3. The molecule has 0 saturated carbocycles. The SMILES string of the molecule is CC(C(=O)NC(C)C(=O)N(C)C)=C1CNC1. The largest absolute Gasteiger partial charge is 0.347 e. The van der Waals surface area contributed by atoms with Gasteiger partial charge < -0.3 is 15.5 Å². The molecule has 0 aliphatic carbocycles. The summed E-state index contributed by atoms with van der Waals surface area (Å²) in [5.74, 6) is -0.253. The Labute approximate surface area is 95.9 Å². The van der Waals surface area contributed by atoms with Crippen molar-refractivity contribution in [1.82, 2.24) is 15.5 Å². The van der Waals surface area contributed by atoms with Gasteiger partial charge in [0.15, 0.2) is 0 Å². The number of amides is 2. The maximum atomic E-state index is 11.7. The van der Waals surface area contributed by atoms with E-state index >= 15 is 0 Å². The summed E-state index contributed by atoms with van der Waals surface area (Å²) in [4.78, 5) is 24.8. The third-order valence-electron chi connectivity index (χ3n) is 2.71. The summed E-state index contributed by atoms with van der Waals surface area (Å²) in [6.45, 7) is 5.03. The number of nitrogens with one attached hydrogen (secondary N) is 2. The lowest BCUT2D eigenvalue weighted by Crippen LogP contribution is -2.45. The van der Waals surface area contributed by atoms with E-state index in [0.717, 1.165) is 24.2 Å². The number of hydrogen-bond donors (Lipinski definition) is 2. The van der Waals surface area contributed by atoms with Crippen LogP contribution in [-0.2, 0) is 9.59 Å². The summed E-state index contributed by atoms with van der Waals surface area (Å²) >= 11 is 0. The Morgan fingerprint density at radius 2 is 1.94 bits per heavy atom.